The number of hydrogen-bond donors (Lipinski definition) is 0. The fraction of sp³-hybridized carbons (Fsp3) is 0.571. The molecular weight excluding hydrogens is 500 g/mol. The number of hydrogen-bond acceptors (Lipinski definition) is 7. The van der Waals surface area contributed by atoms with Gasteiger partial charge < -0.3 is 14.0 Å². The van der Waals surface area contributed by atoms with Crippen LogP contribution in [-0.2, 0) is 33.8 Å². The maximum Gasteiger partial charge on any atom is 0.327 e. The third-order valence-corrected chi connectivity index (χ3v) is 7.24. The molecule has 11 heteroatoms. The highest BCUT2D eigenvalue weighted by molar-refractivity contribution is 9.10. The zero-order valence-electron chi connectivity index (χ0n) is 17.9. The monoisotopic (exact) mass is 525 g/mol. The molecule has 2 aromatic heterocycles. The molecule has 32 heavy (non-hydrogen) atoms. The minimum Gasteiger partial charge on any atom is -0.755 e. The van der Waals surface area contributed by atoms with Gasteiger partial charge in [-0.3, -0.25) is 18.0 Å². The van der Waals surface area contributed by atoms with Crippen molar-refractivity contribution in [3.8, 4) is 5.88 Å². The number of carbonyl (C=O) groups is 1. The van der Waals surface area contributed by atoms with Crippen molar-refractivity contribution >= 4 is 38.9 Å². The van der Waals surface area contributed by atoms with E-state index in [9.17, 15) is 13.6 Å². The number of nitrogens with zero attached hydrogens (tertiary/aromatic N) is 4. The highest BCUT2D eigenvalue weighted by Crippen LogP contribution is 2.39. The molecule has 2 aliphatic carbocycles. The number of halogens is 1. The summed E-state index contributed by atoms with van der Waals surface area (Å²) in [5.74, 6) is 0.111. The Bertz CT molecular complexity index is 995. The predicted molar refractivity (Wildman–Crippen MR) is 121 cm³/mol. The Balaban J connectivity index is 1.59. The van der Waals surface area contributed by atoms with Crippen LogP contribution in [0, 0.1) is 0 Å². The second-order valence-electron chi connectivity index (χ2n) is 7.97. The molecule has 0 bridgehead atoms. The van der Waals surface area contributed by atoms with Crippen LogP contribution in [0.3, 0.4) is 0 Å². The van der Waals surface area contributed by atoms with E-state index in [1.807, 2.05) is 0 Å². The number of ether oxygens (including phenoxy) is 2. The Morgan fingerprint density at radius 2 is 2.09 bits per heavy atom. The molecule has 2 atom stereocenters. The van der Waals surface area contributed by atoms with Crippen LogP contribution in [0.2, 0.25) is 0 Å². The number of esters is 1. The summed E-state index contributed by atoms with van der Waals surface area (Å²) in [6.07, 6.45) is 9.79. The minimum absolute atomic E-state index is 0.0106. The number of anilines is 1. The van der Waals surface area contributed by atoms with Gasteiger partial charge in [-0.05, 0) is 73.9 Å². The van der Waals surface area contributed by atoms with Crippen LogP contribution >= 0.6 is 15.9 Å². The van der Waals surface area contributed by atoms with Crippen molar-refractivity contribution in [1.29, 1.82) is 0 Å². The first-order chi connectivity index (χ1) is 15.5. The lowest BCUT2D eigenvalue weighted by Crippen LogP contribution is -2.33. The van der Waals surface area contributed by atoms with Crippen LogP contribution in [0.15, 0.2) is 22.9 Å². The first kappa shape index (κ1) is 23.2. The molecule has 1 saturated carbocycles. The van der Waals surface area contributed by atoms with Gasteiger partial charge >= 0.3 is 5.97 Å². The van der Waals surface area contributed by atoms with Crippen molar-refractivity contribution in [2.75, 3.05) is 10.9 Å². The van der Waals surface area contributed by atoms with Gasteiger partial charge in [0.1, 0.15) is 12.6 Å². The lowest BCUT2D eigenvalue weighted by Gasteiger charge is -2.36. The van der Waals surface area contributed by atoms with Crippen molar-refractivity contribution < 1.29 is 23.0 Å². The molecule has 2 heterocycles. The molecule has 0 N–H and O–H groups in total. The van der Waals surface area contributed by atoms with Crippen molar-refractivity contribution in [2.45, 2.75) is 70.6 Å². The lowest BCUT2D eigenvalue weighted by molar-refractivity contribution is -0.144. The average molecular weight is 526 g/mol. The molecule has 0 amide bonds. The molecule has 0 radical (unpaired) electrons. The SMILES string of the molecule is CCOC(=O)Cn1ncc2c1CCCC2N(c1cnc(OC2CCCC2)c(Br)c1)S(=O)[O-]. The smallest absolute Gasteiger partial charge is 0.327 e. The van der Waals surface area contributed by atoms with Crippen molar-refractivity contribution in [3.05, 3.63) is 34.2 Å². The Hall–Kier alpha value is -1.98. The Morgan fingerprint density at radius 3 is 2.78 bits per heavy atom. The van der Waals surface area contributed by atoms with E-state index in [4.69, 9.17) is 9.47 Å². The van der Waals surface area contributed by atoms with E-state index in [1.54, 1.807) is 23.9 Å². The van der Waals surface area contributed by atoms with Gasteiger partial charge in [0, 0.05) is 22.5 Å². The van der Waals surface area contributed by atoms with Crippen LogP contribution < -0.4 is 9.04 Å². The van der Waals surface area contributed by atoms with Crippen LogP contribution in [0.1, 0.15) is 62.7 Å². The molecule has 2 aliphatic rings. The van der Waals surface area contributed by atoms with Gasteiger partial charge in [-0.1, -0.05) is 0 Å². The average Bonchev–Trinajstić information content (AvgIpc) is 3.41. The molecular formula is C21H26BrN4O5S-. The molecule has 2 aromatic rings. The second-order valence-corrected chi connectivity index (χ2v) is 9.65. The van der Waals surface area contributed by atoms with E-state index in [2.05, 4.69) is 26.0 Å². The standard InChI is InChI=1S/C21H27BrN4O5S/c1-2-30-20(27)13-25-18-8-5-9-19(16(18)12-24-25)26(32(28)29)14-10-17(22)21(23-11-14)31-15-6-3-4-7-15/h10-12,15,19H,2-9,13H2,1H3,(H,28,29)/p-1. The number of fused-ring (bicyclic) bond motifs is 1. The third-order valence-electron chi connectivity index (χ3n) is 5.89. The summed E-state index contributed by atoms with van der Waals surface area (Å²) in [7, 11) is 0. The van der Waals surface area contributed by atoms with Gasteiger partial charge in [-0.25, -0.2) is 4.98 Å². The number of pyridine rings is 1. The molecule has 1 fully saturated rings. The first-order valence-corrected chi connectivity index (χ1v) is 12.7. The summed E-state index contributed by atoms with van der Waals surface area (Å²) in [5, 5.41) is 4.34. The van der Waals surface area contributed by atoms with Crippen LogP contribution in [-0.4, -0.2) is 42.2 Å². The Labute approximate surface area is 198 Å². The van der Waals surface area contributed by atoms with Crippen LogP contribution in [0.5, 0.6) is 5.88 Å². The summed E-state index contributed by atoms with van der Waals surface area (Å²) in [6, 6.07) is 1.30. The summed E-state index contributed by atoms with van der Waals surface area (Å²) in [5.41, 5.74) is 2.10. The fourth-order valence-corrected chi connectivity index (χ4v) is 5.59. The molecule has 2 unspecified atom stereocenters. The molecule has 0 spiro atoms. The summed E-state index contributed by atoms with van der Waals surface area (Å²) in [6.45, 7) is 2.07. The van der Waals surface area contributed by atoms with E-state index in [1.165, 1.54) is 10.5 Å². The second kappa shape index (κ2) is 10.3. The van der Waals surface area contributed by atoms with E-state index in [-0.39, 0.29) is 18.6 Å². The summed E-state index contributed by atoms with van der Waals surface area (Å²) in [4.78, 5) is 16.3. The quantitative estimate of drug-likeness (QED) is 0.382. The predicted octanol–water partition coefficient (Wildman–Crippen LogP) is 3.60. The van der Waals surface area contributed by atoms with Crippen molar-refractivity contribution in [3.63, 3.8) is 0 Å². The summed E-state index contributed by atoms with van der Waals surface area (Å²) >= 11 is 0.961. The molecule has 9 nitrogen and oxygen atoms in total. The van der Waals surface area contributed by atoms with E-state index in [0.717, 1.165) is 49.8 Å². The van der Waals surface area contributed by atoms with Gasteiger partial charge in [0.15, 0.2) is 0 Å². The van der Waals surface area contributed by atoms with Crippen molar-refractivity contribution in [1.82, 2.24) is 14.8 Å². The minimum atomic E-state index is -2.53. The van der Waals surface area contributed by atoms with Gasteiger partial charge in [0.05, 0.1) is 35.2 Å². The van der Waals surface area contributed by atoms with Gasteiger partial charge in [-0.15, -0.1) is 0 Å². The highest BCUT2D eigenvalue weighted by Gasteiger charge is 2.31. The fourth-order valence-electron chi connectivity index (χ4n) is 4.46. The van der Waals surface area contributed by atoms with Gasteiger partial charge in [0.2, 0.25) is 5.88 Å². The van der Waals surface area contributed by atoms with E-state index in [0.29, 0.717) is 29.1 Å². The Morgan fingerprint density at radius 1 is 1.31 bits per heavy atom. The number of rotatable bonds is 8. The normalized spacial score (nSPS) is 19.4. The summed E-state index contributed by atoms with van der Waals surface area (Å²) < 4.78 is 39.2. The molecule has 174 valence electrons. The van der Waals surface area contributed by atoms with Crippen LogP contribution in [0.4, 0.5) is 5.69 Å². The zero-order chi connectivity index (χ0) is 22.7. The first-order valence-electron chi connectivity index (χ1n) is 10.9. The van der Waals surface area contributed by atoms with Crippen LogP contribution in [0.25, 0.3) is 0 Å². The van der Waals surface area contributed by atoms with Gasteiger partial charge in [-0.2, -0.15) is 5.10 Å². The van der Waals surface area contributed by atoms with Gasteiger partial charge in [0.25, 0.3) is 0 Å². The largest absolute Gasteiger partial charge is 0.755 e. The number of carbonyl (C=O) groups excluding carboxylic acids is 1. The van der Waals surface area contributed by atoms with E-state index >= 15 is 0 Å². The molecule has 0 aromatic carbocycles. The van der Waals surface area contributed by atoms with Crippen molar-refractivity contribution in [2.24, 2.45) is 0 Å². The third kappa shape index (κ3) is 4.99. The molecule has 4 rings (SSSR count). The number of aromatic nitrogens is 3. The zero-order valence-corrected chi connectivity index (χ0v) is 20.3. The topological polar surface area (TPSA) is 110 Å². The van der Waals surface area contributed by atoms with E-state index < -0.39 is 17.3 Å². The Kier molecular flexibility index (Phi) is 7.47. The lowest BCUT2D eigenvalue weighted by atomic mass is 9.92. The highest BCUT2D eigenvalue weighted by atomic mass is 79.9. The molecule has 0 aliphatic heterocycles. The maximum absolute atomic E-state index is 12.3. The molecule has 0 saturated heterocycles. The maximum atomic E-state index is 12.3.